The van der Waals surface area contributed by atoms with Crippen LogP contribution in [-0.2, 0) is 30.1 Å². The van der Waals surface area contributed by atoms with E-state index in [2.05, 4.69) is 421 Å². The van der Waals surface area contributed by atoms with E-state index in [0.717, 1.165) is 37.3 Å². The summed E-state index contributed by atoms with van der Waals surface area (Å²) in [4.78, 5) is 27.6. The van der Waals surface area contributed by atoms with Gasteiger partial charge in [0.05, 0.1) is 25.1 Å². The molecule has 0 saturated heterocycles. The van der Waals surface area contributed by atoms with Crippen LogP contribution >= 0.6 is 112 Å². The summed E-state index contributed by atoms with van der Waals surface area (Å²) in [6.07, 6.45) is 2.89. The first-order valence-electron chi connectivity index (χ1n) is 38.5. The summed E-state index contributed by atoms with van der Waals surface area (Å²) in [5.74, 6) is 0. The van der Waals surface area contributed by atoms with E-state index in [1.165, 1.54) is 110 Å². The van der Waals surface area contributed by atoms with Crippen LogP contribution in [0.4, 0.5) is 0 Å². The molecule has 14 aromatic carbocycles. The molecule has 0 bridgehead atoms. The summed E-state index contributed by atoms with van der Waals surface area (Å²) in [7, 11) is -3.14. The molecule has 0 amide bonds. The van der Waals surface area contributed by atoms with Gasteiger partial charge in [0, 0.05) is 26.0 Å². The Morgan fingerprint density at radius 3 is 0.736 bits per heavy atom. The fourth-order valence-corrected chi connectivity index (χ4v) is 25.3. The van der Waals surface area contributed by atoms with Gasteiger partial charge in [0.2, 0.25) is 0 Å². The summed E-state index contributed by atoms with van der Waals surface area (Å²) in [5.41, 5.74) is 8.36. The summed E-state index contributed by atoms with van der Waals surface area (Å²) in [6, 6.07) is 141. The number of thiophene rings is 2. The molecule has 9 nitrogen and oxygen atoms in total. The molecule has 0 radical (unpaired) electrons. The molecule has 18 rings (SSSR count). The van der Waals surface area contributed by atoms with Crippen LogP contribution in [0.2, 0.25) is 23.9 Å². The maximum atomic E-state index is 8.83. The smallest absolute Gasteiger partial charge is 1.00 e. The van der Waals surface area contributed by atoms with Gasteiger partial charge in [0.1, 0.15) is 37.5 Å². The standard InChI is InChI=1S/4C18H15P.C14H10Cl2N2S.C8H11BO2.C6HCl3N2S.CH2O3.2K.Pd.H/c4*1-4-10-16(11-5-1)19(17-12-6-2-7-13-17)18-14-8-3-9-15-18;1-7-3-8(2)5-9(4-7)11-13-12(18-6-17-11)10(15)14(16)19-13;1-6-3-7(2)5-8(4-6)9(10)11;7-2-3-4(12-6(2)9)5(8)11-1-10-3;2-1-4-3;;;;/h4*1-15H;3-6H,1-2H3;3-5,10-11H,1-2H3;1H;1,3H;;;;/q;;;;;;;;2*+1;;-1/p-1. The van der Waals surface area contributed by atoms with Crippen LogP contribution in [-0.4, -0.2) is 43.6 Å². The largest absolute Gasteiger partial charge is 1.00 e. The van der Waals surface area contributed by atoms with Crippen LogP contribution in [0.15, 0.2) is 413 Å². The average Bonchev–Trinajstić information content (AvgIpc) is 1.64. The van der Waals surface area contributed by atoms with Crippen molar-refractivity contribution in [3.63, 3.8) is 0 Å². The van der Waals surface area contributed by atoms with Gasteiger partial charge in [-0.3, -0.25) is 4.79 Å². The van der Waals surface area contributed by atoms with Crippen LogP contribution in [0.1, 0.15) is 23.7 Å². The zero-order valence-corrected chi connectivity index (χ0v) is 85.9. The molecule has 125 heavy (non-hydrogen) atoms. The first kappa shape index (κ1) is 104. The van der Waals surface area contributed by atoms with Crippen LogP contribution in [0.3, 0.4) is 0 Å². The molecule has 0 aliphatic carbocycles. The molecule has 0 unspecified atom stereocenters. The summed E-state index contributed by atoms with van der Waals surface area (Å²) < 4.78 is 2.72. The van der Waals surface area contributed by atoms with Crippen molar-refractivity contribution in [1.29, 1.82) is 0 Å². The van der Waals surface area contributed by atoms with Crippen molar-refractivity contribution in [2.24, 2.45) is 0 Å². The molecule has 2 N–H and O–H groups in total. The van der Waals surface area contributed by atoms with Crippen LogP contribution in [0.5, 0.6) is 0 Å². The van der Waals surface area contributed by atoms with Crippen molar-refractivity contribution in [3.8, 4) is 11.3 Å². The Kier molecular flexibility index (Phi) is 46.9. The van der Waals surface area contributed by atoms with Gasteiger partial charge in [0.25, 0.3) is 6.47 Å². The minimum atomic E-state index is -1.35. The fourth-order valence-electron chi connectivity index (χ4n) is 12.9. The molecule has 0 aliphatic heterocycles. The summed E-state index contributed by atoms with van der Waals surface area (Å²) >= 11 is 32.4. The van der Waals surface area contributed by atoms with E-state index in [1.54, 1.807) is 12.1 Å². The van der Waals surface area contributed by atoms with E-state index < -0.39 is 38.8 Å². The third kappa shape index (κ3) is 31.8. The van der Waals surface area contributed by atoms with Crippen molar-refractivity contribution in [1.82, 2.24) is 19.9 Å². The van der Waals surface area contributed by atoms with Gasteiger partial charge >= 0.3 is 110 Å². The molecule has 4 heterocycles. The third-order valence-corrected chi connectivity index (χ3v) is 32.1. The zero-order chi connectivity index (χ0) is 85.8. The van der Waals surface area contributed by atoms with Crippen molar-refractivity contribution >= 4 is 216 Å². The first-order chi connectivity index (χ1) is 59.6. The Labute approximate surface area is 871 Å². The molecular weight excluding hydrogens is 1910 g/mol. The topological polar surface area (TPSA) is 141 Å². The molecule has 0 atom stereocenters. The molecule has 620 valence electrons. The van der Waals surface area contributed by atoms with E-state index in [-0.39, 0.29) is 131 Å². The minimum absolute atomic E-state index is 0. The summed E-state index contributed by atoms with van der Waals surface area (Å²) in [5, 5.41) is 44.2. The average molecular weight is 1990 g/mol. The number of nitrogens with zero attached hydrogens (tertiary/aromatic N) is 4. The predicted octanol–water partition coefficient (Wildman–Crippen LogP) is 15.2. The van der Waals surface area contributed by atoms with Crippen LogP contribution in [0, 0.1) is 27.7 Å². The van der Waals surface area contributed by atoms with Gasteiger partial charge in [0.15, 0.2) is 0 Å². The second-order valence-corrected chi connectivity index (χ2v) is 40.1. The number of hydrogen-bond donors (Lipinski definition) is 2. The molecule has 0 fully saturated rings. The number of carbonyl (C=O) groups is 1. The van der Waals surface area contributed by atoms with Gasteiger partial charge in [-0.15, -0.1) is 22.7 Å². The monoisotopic (exact) mass is 1990 g/mol. The Morgan fingerprint density at radius 2 is 0.528 bits per heavy atom. The third-order valence-electron chi connectivity index (χ3n) is 18.0. The van der Waals surface area contributed by atoms with Gasteiger partial charge < -0.3 is 21.6 Å². The van der Waals surface area contributed by atoms with E-state index in [4.69, 9.17) is 78.1 Å². The number of hydrogen-bond acceptors (Lipinski definition) is 11. The number of rotatable bonds is 15. The van der Waals surface area contributed by atoms with Crippen molar-refractivity contribution < 1.29 is 150 Å². The van der Waals surface area contributed by atoms with Crippen molar-refractivity contribution in [3.05, 3.63) is 459 Å². The Balaban J connectivity index is 0.000000201. The molecule has 0 aliphatic rings. The van der Waals surface area contributed by atoms with Gasteiger partial charge in [-0.25, -0.2) is 19.9 Å². The second kappa shape index (κ2) is 56.3. The second-order valence-electron chi connectivity index (χ2n) is 26.9. The van der Waals surface area contributed by atoms with Crippen molar-refractivity contribution in [2.45, 2.75) is 27.7 Å². The quantitative estimate of drug-likeness (QED) is 0.0256. The zero-order valence-electron chi connectivity index (χ0n) is 70.1. The molecule has 4 aromatic heterocycles. The first-order valence-corrected chi connectivity index (χ1v) is 47.3. The Bertz CT molecular complexity index is 5280. The van der Waals surface area contributed by atoms with Crippen molar-refractivity contribution in [2.75, 3.05) is 0 Å². The maximum absolute atomic E-state index is 8.83. The molecular formula is C101H84BCl5K2N4O5P4PdS2. The Morgan fingerprint density at radius 1 is 0.328 bits per heavy atom. The molecule has 0 saturated carbocycles. The van der Waals surface area contributed by atoms with E-state index in [1.807, 2.05) is 19.9 Å². The van der Waals surface area contributed by atoms with Gasteiger partial charge in [-0.05, 0) is 141 Å². The summed E-state index contributed by atoms with van der Waals surface area (Å²) in [6.45, 7) is 7.82. The molecule has 24 heteroatoms. The van der Waals surface area contributed by atoms with Crippen LogP contribution < -0.4 is 177 Å². The van der Waals surface area contributed by atoms with E-state index >= 15 is 0 Å². The van der Waals surface area contributed by atoms with E-state index in [0.29, 0.717) is 34.9 Å². The van der Waals surface area contributed by atoms with Gasteiger partial charge in [-0.1, -0.05) is 469 Å². The number of carbonyl (C=O) groups excluding carboxylic acids is 1. The minimum Gasteiger partial charge on any atom is -1.00 e. The van der Waals surface area contributed by atoms with Gasteiger partial charge in [-0.2, -0.15) is 0 Å². The number of aromatic nitrogens is 4. The molecule has 18 aromatic rings. The number of halogens is 5. The predicted molar refractivity (Wildman–Crippen MR) is 529 cm³/mol. The number of fused-ring (bicyclic) bond motifs is 2. The normalized spacial score (nSPS) is 10.2. The maximum Gasteiger partial charge on any atom is 1.00 e. The fraction of sp³-hybridized carbons (Fsp3) is 0.0396. The van der Waals surface area contributed by atoms with E-state index in [9.17, 15) is 0 Å². The Hall–Kier alpha value is -6.32. The molecule has 0 spiro atoms. The number of aryl methyl sites for hydroxylation is 4. The van der Waals surface area contributed by atoms with Crippen LogP contribution in [0.25, 0.3) is 31.7 Å². The number of benzene rings is 14. The SMILES string of the molecule is Cc1cc(C)cc(-c2ncnc3c(Cl)c(Cl)sc23)c1.Cc1cc(C)cc(B(O)O)c1.Clc1sc2c(Cl)ncnc2c1Cl.O=CO[O-].[H-].[K+].[K+].[Pd].c1ccc(P(c2ccccc2)c2ccccc2)cc1.c1ccc(P(c2ccccc2)c2ccccc2)cc1.c1ccc(P(c2ccccc2)c2ccccc2)cc1.c1ccc(P(c2ccccc2)c2ccccc2)cc1.